The minimum absolute atomic E-state index is 0.0640. The second kappa shape index (κ2) is 6.13. The van der Waals surface area contributed by atoms with Crippen LogP contribution < -0.4 is 10.0 Å². The Balaban J connectivity index is 2.97. The van der Waals surface area contributed by atoms with Crippen molar-refractivity contribution in [2.24, 2.45) is 5.41 Å². The summed E-state index contributed by atoms with van der Waals surface area (Å²) in [5.74, 6) is 0. The molecule has 0 aliphatic heterocycles. The maximum Gasteiger partial charge on any atom is 0.242 e. The van der Waals surface area contributed by atoms with Crippen LogP contribution in [-0.4, -0.2) is 21.0 Å². The number of thiophene rings is 1. The molecule has 0 saturated carbocycles. The van der Waals surface area contributed by atoms with Gasteiger partial charge in [0, 0.05) is 17.0 Å². The molecule has 0 unspecified atom stereocenters. The largest absolute Gasteiger partial charge is 0.315 e. The zero-order valence-electron chi connectivity index (χ0n) is 13.2. The van der Waals surface area contributed by atoms with E-state index < -0.39 is 15.6 Å². The second-order valence-corrected chi connectivity index (χ2v) is 9.62. The van der Waals surface area contributed by atoms with Gasteiger partial charge in [-0.2, -0.15) is 0 Å². The minimum Gasteiger partial charge on any atom is -0.315 e. The van der Waals surface area contributed by atoms with Crippen molar-refractivity contribution in [3.05, 3.63) is 16.3 Å². The molecule has 1 aromatic heterocycles. The third-order valence-corrected chi connectivity index (χ3v) is 5.55. The van der Waals surface area contributed by atoms with Gasteiger partial charge in [0.25, 0.3) is 0 Å². The molecule has 0 radical (unpaired) electrons. The van der Waals surface area contributed by atoms with Gasteiger partial charge in [0.2, 0.25) is 10.0 Å². The number of hydrogen-bond donors (Lipinski definition) is 2. The van der Waals surface area contributed by atoms with E-state index >= 15 is 0 Å². The van der Waals surface area contributed by atoms with E-state index in [9.17, 15) is 8.42 Å². The minimum atomic E-state index is -3.48. The first-order valence-electron chi connectivity index (χ1n) is 6.72. The molecule has 0 aromatic carbocycles. The standard InChI is InChI=1S/C14H26N2O2S2/c1-13(2,3)10-14(4,5)16-20(17,18)12-7-8-19-11(12)9-15-6/h7-8,15-16H,9-10H2,1-6H3. The molecule has 0 bridgehead atoms. The van der Waals surface area contributed by atoms with Crippen molar-refractivity contribution in [1.29, 1.82) is 0 Å². The third kappa shape index (κ3) is 5.16. The lowest BCUT2D eigenvalue weighted by Crippen LogP contribution is -2.45. The fourth-order valence-corrected chi connectivity index (χ4v) is 5.51. The molecule has 0 spiro atoms. The van der Waals surface area contributed by atoms with Gasteiger partial charge in [-0.15, -0.1) is 11.3 Å². The Hall–Kier alpha value is -0.430. The van der Waals surface area contributed by atoms with E-state index in [1.165, 1.54) is 11.3 Å². The smallest absolute Gasteiger partial charge is 0.242 e. The van der Waals surface area contributed by atoms with Gasteiger partial charge in [0.1, 0.15) is 0 Å². The Bertz CT molecular complexity index is 540. The summed E-state index contributed by atoms with van der Waals surface area (Å²) in [6.07, 6.45) is 0.769. The third-order valence-electron chi connectivity index (χ3n) is 2.71. The van der Waals surface area contributed by atoms with Gasteiger partial charge in [-0.3, -0.25) is 0 Å². The van der Waals surface area contributed by atoms with Crippen LogP contribution in [0.2, 0.25) is 0 Å². The van der Waals surface area contributed by atoms with Gasteiger partial charge in [-0.1, -0.05) is 20.8 Å². The van der Waals surface area contributed by atoms with E-state index in [-0.39, 0.29) is 5.41 Å². The zero-order valence-corrected chi connectivity index (χ0v) is 14.8. The van der Waals surface area contributed by atoms with Crippen molar-refractivity contribution in [2.75, 3.05) is 7.05 Å². The van der Waals surface area contributed by atoms with Crippen molar-refractivity contribution >= 4 is 21.4 Å². The van der Waals surface area contributed by atoms with Crippen molar-refractivity contribution in [3.8, 4) is 0 Å². The summed E-state index contributed by atoms with van der Waals surface area (Å²) in [6.45, 7) is 10.8. The zero-order chi connectivity index (χ0) is 15.6. The highest BCUT2D eigenvalue weighted by Crippen LogP contribution is 2.29. The summed E-state index contributed by atoms with van der Waals surface area (Å²) < 4.78 is 28.0. The van der Waals surface area contributed by atoms with Gasteiger partial charge in [-0.05, 0) is 44.2 Å². The molecule has 116 valence electrons. The summed E-state index contributed by atoms with van der Waals surface area (Å²) in [5, 5.41) is 4.82. The number of sulfonamides is 1. The predicted octanol–water partition coefficient (Wildman–Crippen LogP) is 2.96. The molecule has 6 heteroatoms. The molecule has 0 aliphatic rings. The maximum absolute atomic E-state index is 12.6. The van der Waals surface area contributed by atoms with Crippen LogP contribution >= 0.6 is 11.3 Å². The molecule has 0 atom stereocenters. The van der Waals surface area contributed by atoms with Gasteiger partial charge >= 0.3 is 0 Å². The first-order chi connectivity index (χ1) is 8.97. The molecule has 1 rings (SSSR count). The van der Waals surface area contributed by atoms with E-state index in [1.54, 1.807) is 6.07 Å². The van der Waals surface area contributed by atoms with E-state index in [0.717, 1.165) is 11.3 Å². The first kappa shape index (κ1) is 17.6. The second-order valence-electron chi connectivity index (χ2n) is 6.97. The molecule has 20 heavy (non-hydrogen) atoms. The van der Waals surface area contributed by atoms with Crippen molar-refractivity contribution in [2.45, 2.75) is 58.0 Å². The van der Waals surface area contributed by atoms with Crippen LogP contribution in [0.3, 0.4) is 0 Å². The number of hydrogen-bond acceptors (Lipinski definition) is 4. The highest BCUT2D eigenvalue weighted by atomic mass is 32.2. The lowest BCUT2D eigenvalue weighted by Gasteiger charge is -2.33. The molecular formula is C14H26N2O2S2. The quantitative estimate of drug-likeness (QED) is 0.848. The van der Waals surface area contributed by atoms with E-state index in [0.29, 0.717) is 11.4 Å². The van der Waals surface area contributed by atoms with Crippen LogP contribution in [0.4, 0.5) is 0 Å². The summed E-state index contributed by atoms with van der Waals surface area (Å²) in [4.78, 5) is 1.23. The lowest BCUT2D eigenvalue weighted by molar-refractivity contribution is 0.269. The van der Waals surface area contributed by atoms with Crippen LogP contribution in [0, 0.1) is 5.41 Å². The maximum atomic E-state index is 12.6. The Morgan fingerprint density at radius 2 is 1.80 bits per heavy atom. The normalized spacial score (nSPS) is 13.7. The Morgan fingerprint density at radius 3 is 2.30 bits per heavy atom. The summed E-state index contributed by atoms with van der Waals surface area (Å²) >= 11 is 1.46. The topological polar surface area (TPSA) is 58.2 Å². The monoisotopic (exact) mass is 318 g/mol. The van der Waals surface area contributed by atoms with E-state index in [2.05, 4.69) is 30.8 Å². The van der Waals surface area contributed by atoms with Gasteiger partial charge < -0.3 is 5.32 Å². The van der Waals surface area contributed by atoms with Crippen LogP contribution in [0.25, 0.3) is 0 Å². The Kier molecular flexibility index (Phi) is 5.40. The molecule has 2 N–H and O–H groups in total. The van der Waals surface area contributed by atoms with Gasteiger partial charge in [0.15, 0.2) is 0 Å². The first-order valence-corrected chi connectivity index (χ1v) is 9.08. The molecule has 4 nitrogen and oxygen atoms in total. The van der Waals surface area contributed by atoms with Crippen molar-refractivity contribution in [1.82, 2.24) is 10.0 Å². The predicted molar refractivity (Wildman–Crippen MR) is 85.6 cm³/mol. The van der Waals surface area contributed by atoms with Crippen molar-refractivity contribution in [3.63, 3.8) is 0 Å². The van der Waals surface area contributed by atoms with Gasteiger partial charge in [-0.25, -0.2) is 13.1 Å². The van der Waals surface area contributed by atoms with Crippen LogP contribution in [-0.2, 0) is 16.6 Å². The van der Waals surface area contributed by atoms with Crippen LogP contribution in [0.5, 0.6) is 0 Å². The fraction of sp³-hybridized carbons (Fsp3) is 0.714. The van der Waals surface area contributed by atoms with E-state index in [4.69, 9.17) is 0 Å². The summed E-state index contributed by atoms with van der Waals surface area (Å²) in [5.41, 5.74) is -0.412. The van der Waals surface area contributed by atoms with Crippen LogP contribution in [0.1, 0.15) is 45.9 Å². The summed E-state index contributed by atoms with van der Waals surface area (Å²) in [6, 6.07) is 1.67. The lowest BCUT2D eigenvalue weighted by atomic mass is 9.82. The molecule has 0 fully saturated rings. The number of nitrogens with one attached hydrogen (secondary N) is 2. The van der Waals surface area contributed by atoms with Gasteiger partial charge in [0.05, 0.1) is 4.90 Å². The highest BCUT2D eigenvalue weighted by Gasteiger charge is 2.31. The van der Waals surface area contributed by atoms with Crippen molar-refractivity contribution < 1.29 is 8.42 Å². The van der Waals surface area contributed by atoms with E-state index in [1.807, 2.05) is 26.3 Å². The Labute approximate surface area is 127 Å². The molecule has 0 saturated heterocycles. The molecule has 0 aliphatic carbocycles. The average Bonchev–Trinajstić information content (AvgIpc) is 2.60. The summed E-state index contributed by atoms with van der Waals surface area (Å²) in [7, 11) is -1.67. The molecular weight excluding hydrogens is 292 g/mol. The number of rotatable bonds is 6. The van der Waals surface area contributed by atoms with Crippen LogP contribution in [0.15, 0.2) is 16.3 Å². The SMILES string of the molecule is CNCc1sccc1S(=O)(=O)NC(C)(C)CC(C)(C)C. The average molecular weight is 319 g/mol. The molecule has 0 amide bonds. The molecule has 1 heterocycles. The molecule has 1 aromatic rings. The Morgan fingerprint density at radius 1 is 1.20 bits per heavy atom. The fourth-order valence-electron chi connectivity index (χ4n) is 2.64. The highest BCUT2D eigenvalue weighted by molar-refractivity contribution is 7.89.